The molecule has 0 aromatic rings. The zero-order valence-corrected chi connectivity index (χ0v) is 12.7. The SMILES string of the molecule is CC1CCC(C(C)C)C(C2[C]C3C=CC=CC3C2)C1. The Hall–Kier alpha value is -0.520. The van der Waals surface area contributed by atoms with Crippen LogP contribution in [0.25, 0.3) is 0 Å². The van der Waals surface area contributed by atoms with Crippen LogP contribution in [0.2, 0.25) is 0 Å². The average Bonchev–Trinajstić information content (AvgIpc) is 2.81. The van der Waals surface area contributed by atoms with E-state index < -0.39 is 0 Å². The highest BCUT2D eigenvalue weighted by molar-refractivity contribution is 5.21. The molecule has 6 atom stereocenters. The van der Waals surface area contributed by atoms with Gasteiger partial charge in [0.2, 0.25) is 0 Å². The third-order valence-corrected chi connectivity index (χ3v) is 5.77. The predicted molar refractivity (Wildman–Crippen MR) is 81.4 cm³/mol. The largest absolute Gasteiger partial charge is 0.0808 e. The third-order valence-electron chi connectivity index (χ3n) is 5.77. The second-order valence-electron chi connectivity index (χ2n) is 7.46. The van der Waals surface area contributed by atoms with Gasteiger partial charge in [-0.15, -0.1) is 0 Å². The molecule has 0 nitrogen and oxygen atoms in total. The minimum Gasteiger partial charge on any atom is -0.0808 e. The first-order valence-corrected chi connectivity index (χ1v) is 8.26. The van der Waals surface area contributed by atoms with E-state index in [4.69, 9.17) is 0 Å². The predicted octanol–water partition coefficient (Wildman–Crippen LogP) is 5.15. The summed E-state index contributed by atoms with van der Waals surface area (Å²) in [4.78, 5) is 0. The van der Waals surface area contributed by atoms with Crippen molar-refractivity contribution in [3.05, 3.63) is 30.7 Å². The van der Waals surface area contributed by atoms with E-state index in [0.29, 0.717) is 5.92 Å². The van der Waals surface area contributed by atoms with Crippen LogP contribution in [0, 0.1) is 47.8 Å². The Balaban J connectivity index is 1.72. The van der Waals surface area contributed by atoms with Crippen LogP contribution in [0.5, 0.6) is 0 Å². The molecule has 0 amide bonds. The van der Waals surface area contributed by atoms with Crippen molar-refractivity contribution < 1.29 is 0 Å². The van der Waals surface area contributed by atoms with Gasteiger partial charge in [-0.2, -0.15) is 0 Å². The van der Waals surface area contributed by atoms with Crippen LogP contribution >= 0.6 is 0 Å². The Kier molecular flexibility index (Phi) is 3.87. The van der Waals surface area contributed by atoms with Crippen LogP contribution in [0.3, 0.4) is 0 Å². The van der Waals surface area contributed by atoms with Crippen molar-refractivity contribution in [2.75, 3.05) is 0 Å². The van der Waals surface area contributed by atoms with Gasteiger partial charge in [-0.3, -0.25) is 0 Å². The van der Waals surface area contributed by atoms with E-state index in [0.717, 1.165) is 35.5 Å². The lowest BCUT2D eigenvalue weighted by Gasteiger charge is -2.40. The van der Waals surface area contributed by atoms with E-state index in [1.807, 2.05) is 0 Å². The van der Waals surface area contributed by atoms with Crippen LogP contribution in [0.4, 0.5) is 0 Å². The molecule has 0 aromatic carbocycles. The van der Waals surface area contributed by atoms with E-state index in [9.17, 15) is 0 Å². The fourth-order valence-corrected chi connectivity index (χ4v) is 4.70. The maximum Gasteiger partial charge on any atom is -0.00558 e. The molecule has 0 bridgehead atoms. The monoisotopic (exact) mass is 256 g/mol. The lowest BCUT2D eigenvalue weighted by atomic mass is 9.65. The summed E-state index contributed by atoms with van der Waals surface area (Å²) >= 11 is 0. The normalized spacial score (nSPS) is 45.7. The lowest BCUT2D eigenvalue weighted by Crippen LogP contribution is -2.32. The first-order chi connectivity index (χ1) is 9.15. The minimum absolute atomic E-state index is 0.611. The molecule has 0 spiro atoms. The van der Waals surface area contributed by atoms with Gasteiger partial charge in [0, 0.05) is 0 Å². The molecule has 19 heavy (non-hydrogen) atoms. The molecule has 2 saturated carbocycles. The van der Waals surface area contributed by atoms with Gasteiger partial charge in [0.15, 0.2) is 0 Å². The van der Waals surface area contributed by atoms with Gasteiger partial charge in [-0.05, 0) is 67.1 Å². The molecule has 104 valence electrons. The van der Waals surface area contributed by atoms with Crippen LogP contribution in [0.1, 0.15) is 46.5 Å². The molecule has 0 N–H and O–H groups in total. The summed E-state index contributed by atoms with van der Waals surface area (Å²) in [5.41, 5.74) is 0. The Morgan fingerprint density at radius 1 is 1.05 bits per heavy atom. The van der Waals surface area contributed by atoms with Crippen molar-refractivity contribution in [1.29, 1.82) is 0 Å². The molecular weight excluding hydrogens is 228 g/mol. The molecule has 0 heteroatoms. The number of allylic oxidation sites excluding steroid dienone is 4. The third kappa shape index (κ3) is 2.69. The molecule has 3 rings (SSSR count). The topological polar surface area (TPSA) is 0 Å². The maximum absolute atomic E-state index is 3.93. The molecule has 0 aliphatic heterocycles. The number of rotatable bonds is 2. The Morgan fingerprint density at radius 2 is 1.84 bits per heavy atom. The quantitative estimate of drug-likeness (QED) is 0.640. The Morgan fingerprint density at radius 3 is 2.58 bits per heavy atom. The fourth-order valence-electron chi connectivity index (χ4n) is 4.70. The molecule has 3 aliphatic rings. The molecular formula is C19H28. The van der Waals surface area contributed by atoms with E-state index in [-0.39, 0.29) is 0 Å². The van der Waals surface area contributed by atoms with Crippen LogP contribution in [-0.2, 0) is 0 Å². The number of hydrogen-bond donors (Lipinski definition) is 0. The molecule has 2 fully saturated rings. The highest BCUT2D eigenvalue weighted by Gasteiger charge is 2.42. The molecule has 6 unspecified atom stereocenters. The van der Waals surface area contributed by atoms with Crippen molar-refractivity contribution in [2.24, 2.45) is 41.4 Å². The summed E-state index contributed by atoms with van der Waals surface area (Å²) in [6.45, 7) is 7.30. The fraction of sp³-hybridized carbons (Fsp3) is 0.737. The van der Waals surface area contributed by atoms with E-state index >= 15 is 0 Å². The second-order valence-corrected chi connectivity index (χ2v) is 7.46. The highest BCUT2D eigenvalue weighted by atomic mass is 14.5. The minimum atomic E-state index is 0.611. The van der Waals surface area contributed by atoms with Gasteiger partial charge >= 0.3 is 0 Å². The Labute approximate surface area is 119 Å². The van der Waals surface area contributed by atoms with Gasteiger partial charge in [-0.25, -0.2) is 0 Å². The van der Waals surface area contributed by atoms with Crippen molar-refractivity contribution in [2.45, 2.75) is 46.5 Å². The average molecular weight is 256 g/mol. The smallest absolute Gasteiger partial charge is 0.00558 e. The summed E-state index contributed by atoms with van der Waals surface area (Å²) in [7, 11) is 0. The summed E-state index contributed by atoms with van der Waals surface area (Å²) < 4.78 is 0. The van der Waals surface area contributed by atoms with Gasteiger partial charge in [0.1, 0.15) is 0 Å². The van der Waals surface area contributed by atoms with Crippen molar-refractivity contribution in [3.63, 3.8) is 0 Å². The summed E-state index contributed by atoms with van der Waals surface area (Å²) in [5, 5.41) is 0. The summed E-state index contributed by atoms with van der Waals surface area (Å²) in [6.07, 6.45) is 18.8. The highest BCUT2D eigenvalue weighted by Crippen LogP contribution is 2.50. The second kappa shape index (κ2) is 5.46. The van der Waals surface area contributed by atoms with Crippen molar-refractivity contribution in [3.8, 4) is 0 Å². The van der Waals surface area contributed by atoms with Gasteiger partial charge in [-0.1, -0.05) is 51.5 Å². The molecule has 0 aromatic heterocycles. The molecule has 2 radical (unpaired) electrons. The maximum atomic E-state index is 3.93. The first-order valence-electron chi connectivity index (χ1n) is 8.26. The summed E-state index contributed by atoms with van der Waals surface area (Å²) in [5.74, 6) is 5.71. The van der Waals surface area contributed by atoms with Gasteiger partial charge < -0.3 is 0 Å². The lowest BCUT2D eigenvalue weighted by molar-refractivity contribution is 0.105. The van der Waals surface area contributed by atoms with Gasteiger partial charge in [0.05, 0.1) is 0 Å². The van der Waals surface area contributed by atoms with Crippen LogP contribution < -0.4 is 0 Å². The first kappa shape index (κ1) is 13.5. The molecule has 0 saturated heterocycles. The van der Waals surface area contributed by atoms with Crippen molar-refractivity contribution >= 4 is 0 Å². The standard InChI is InChI=1S/C19H28/c1-13(2)18-9-8-14(3)10-19(18)17-11-15-6-4-5-7-16(15)12-17/h4-7,13-19H,8-11H2,1-3H3. The zero-order valence-electron chi connectivity index (χ0n) is 12.7. The number of fused-ring (bicyclic) bond motifs is 1. The molecule has 0 heterocycles. The number of hydrogen-bond acceptors (Lipinski definition) is 0. The summed E-state index contributed by atoms with van der Waals surface area (Å²) in [6, 6.07) is 0. The van der Waals surface area contributed by atoms with Gasteiger partial charge in [0.25, 0.3) is 0 Å². The van der Waals surface area contributed by atoms with E-state index in [1.54, 1.807) is 0 Å². The van der Waals surface area contributed by atoms with E-state index in [2.05, 4.69) is 51.5 Å². The van der Waals surface area contributed by atoms with Crippen LogP contribution in [0.15, 0.2) is 24.3 Å². The van der Waals surface area contributed by atoms with Crippen LogP contribution in [-0.4, -0.2) is 0 Å². The van der Waals surface area contributed by atoms with Crippen molar-refractivity contribution in [1.82, 2.24) is 0 Å². The Bertz CT molecular complexity index is 342. The molecule has 3 aliphatic carbocycles. The zero-order chi connectivity index (χ0) is 13.4. The van der Waals surface area contributed by atoms with E-state index in [1.165, 1.54) is 25.7 Å².